The van der Waals surface area contributed by atoms with Crippen molar-refractivity contribution in [1.29, 1.82) is 0 Å². The zero-order valence-corrected chi connectivity index (χ0v) is 9.16. The average Bonchev–Trinajstić information content (AvgIpc) is 2.28. The topological polar surface area (TPSA) is 105 Å². The van der Waals surface area contributed by atoms with Gasteiger partial charge in [0.05, 0.1) is 5.69 Å². The van der Waals surface area contributed by atoms with Gasteiger partial charge >= 0.3 is 5.76 Å². The van der Waals surface area contributed by atoms with Crippen LogP contribution >= 0.6 is 0 Å². The molecular formula is C8H9F2N3O3S. The highest BCUT2D eigenvalue weighted by Crippen LogP contribution is 2.18. The Kier molecular flexibility index (Phi) is 3.84. The van der Waals surface area contributed by atoms with Crippen LogP contribution < -0.4 is 10.5 Å². The maximum Gasteiger partial charge on any atom is 0.355 e. The van der Waals surface area contributed by atoms with E-state index in [0.29, 0.717) is 0 Å². The molecule has 0 aliphatic heterocycles. The Bertz CT molecular complexity index is 531. The Balaban J connectivity index is 3.17. The molecule has 0 unspecified atom stereocenters. The number of nitrogens with one attached hydrogen (secondary N) is 1. The van der Waals surface area contributed by atoms with Crippen LogP contribution in [0.1, 0.15) is 5.56 Å². The Labute approximate surface area is 95.8 Å². The number of para-hydroxylation sites is 1. The fourth-order valence-corrected chi connectivity index (χ4v) is 1.62. The summed E-state index contributed by atoms with van der Waals surface area (Å²) in [5, 5.41) is 11.1. The van der Waals surface area contributed by atoms with Crippen LogP contribution in [0.5, 0.6) is 0 Å². The molecule has 0 bridgehead atoms. The number of benzene rings is 1. The summed E-state index contributed by atoms with van der Waals surface area (Å²) < 4.78 is 47.9. The molecular weight excluding hydrogens is 256 g/mol. The van der Waals surface area contributed by atoms with Crippen LogP contribution in [0, 0.1) is 0 Å². The molecule has 0 saturated carbocycles. The van der Waals surface area contributed by atoms with Gasteiger partial charge in [0.1, 0.15) is 0 Å². The summed E-state index contributed by atoms with van der Waals surface area (Å²) >= 11 is 0. The van der Waals surface area contributed by atoms with Crippen LogP contribution in [0.2, 0.25) is 0 Å². The fourth-order valence-electron chi connectivity index (χ4n) is 1.05. The maximum atomic E-state index is 12.2. The van der Waals surface area contributed by atoms with Gasteiger partial charge in [-0.05, 0) is 12.1 Å². The minimum Gasteiger partial charge on any atom is -0.409 e. The van der Waals surface area contributed by atoms with Crippen LogP contribution in [-0.2, 0) is 10.0 Å². The Morgan fingerprint density at radius 1 is 1.41 bits per heavy atom. The van der Waals surface area contributed by atoms with Crippen LogP contribution in [-0.4, -0.2) is 25.2 Å². The predicted octanol–water partition coefficient (Wildman–Crippen LogP) is 0.745. The molecule has 0 saturated heterocycles. The standard InChI is InChI=1S/C8H9F2N3O3S/c9-8(10)17(15,16)13-6-4-2-1-3-5(6)7(11)12-14/h1-4,8,13-14H,(H2,11,12). The van der Waals surface area contributed by atoms with E-state index in [-0.39, 0.29) is 11.3 Å². The van der Waals surface area contributed by atoms with Crippen LogP contribution in [0.15, 0.2) is 29.4 Å². The van der Waals surface area contributed by atoms with Gasteiger partial charge in [0, 0.05) is 5.56 Å². The molecule has 1 aromatic rings. The van der Waals surface area contributed by atoms with Crippen molar-refractivity contribution >= 4 is 21.5 Å². The summed E-state index contributed by atoms with van der Waals surface area (Å²) in [4.78, 5) is 0. The van der Waals surface area contributed by atoms with Crippen molar-refractivity contribution in [2.24, 2.45) is 10.9 Å². The molecule has 1 aromatic carbocycles. The van der Waals surface area contributed by atoms with Gasteiger partial charge in [-0.25, -0.2) is 8.42 Å². The summed E-state index contributed by atoms with van der Waals surface area (Å²) in [6.45, 7) is 0. The third kappa shape index (κ3) is 3.03. The van der Waals surface area contributed by atoms with Crippen LogP contribution in [0.3, 0.4) is 0 Å². The highest BCUT2D eigenvalue weighted by Gasteiger charge is 2.25. The molecule has 1 rings (SSSR count). The molecule has 0 aromatic heterocycles. The third-order valence-corrected chi connectivity index (χ3v) is 2.77. The summed E-state index contributed by atoms with van der Waals surface area (Å²) in [7, 11) is -4.79. The van der Waals surface area contributed by atoms with Gasteiger partial charge < -0.3 is 10.9 Å². The minimum absolute atomic E-state index is 0.000718. The second-order valence-electron chi connectivity index (χ2n) is 2.94. The number of anilines is 1. The Hall–Kier alpha value is -1.90. The van der Waals surface area contributed by atoms with Gasteiger partial charge in [0.25, 0.3) is 10.0 Å². The van der Waals surface area contributed by atoms with Gasteiger partial charge in [-0.3, -0.25) is 4.72 Å². The number of alkyl halides is 2. The fraction of sp³-hybridized carbons (Fsp3) is 0.125. The van der Waals surface area contributed by atoms with E-state index in [1.807, 2.05) is 0 Å². The van der Waals surface area contributed by atoms with E-state index < -0.39 is 21.6 Å². The number of hydrogen-bond acceptors (Lipinski definition) is 4. The first kappa shape index (κ1) is 13.2. The van der Waals surface area contributed by atoms with Crippen molar-refractivity contribution in [1.82, 2.24) is 0 Å². The molecule has 0 atom stereocenters. The van der Waals surface area contributed by atoms with Gasteiger partial charge in [-0.15, -0.1) is 0 Å². The summed E-state index contributed by atoms with van der Waals surface area (Å²) in [5.74, 6) is -3.96. The molecule has 0 radical (unpaired) electrons. The van der Waals surface area contributed by atoms with Crippen LogP contribution in [0.4, 0.5) is 14.5 Å². The highest BCUT2D eigenvalue weighted by molar-refractivity contribution is 7.93. The molecule has 4 N–H and O–H groups in total. The first-order valence-electron chi connectivity index (χ1n) is 4.25. The Morgan fingerprint density at radius 2 is 2.00 bits per heavy atom. The molecule has 94 valence electrons. The van der Waals surface area contributed by atoms with Crippen molar-refractivity contribution in [2.75, 3.05) is 4.72 Å². The molecule has 0 spiro atoms. The van der Waals surface area contributed by atoms with Gasteiger partial charge in [-0.1, -0.05) is 17.3 Å². The van der Waals surface area contributed by atoms with E-state index >= 15 is 0 Å². The highest BCUT2D eigenvalue weighted by atomic mass is 32.2. The smallest absolute Gasteiger partial charge is 0.355 e. The van der Waals surface area contributed by atoms with Crippen molar-refractivity contribution in [3.63, 3.8) is 0 Å². The molecule has 0 heterocycles. The van der Waals surface area contributed by atoms with E-state index in [2.05, 4.69) is 5.16 Å². The summed E-state index contributed by atoms with van der Waals surface area (Å²) in [6.07, 6.45) is 0. The summed E-state index contributed by atoms with van der Waals surface area (Å²) in [6, 6.07) is 5.43. The van der Waals surface area contributed by atoms with Gasteiger partial charge in [0.2, 0.25) is 0 Å². The van der Waals surface area contributed by atoms with E-state index in [1.165, 1.54) is 24.3 Å². The number of amidine groups is 1. The van der Waals surface area contributed by atoms with Gasteiger partial charge in [-0.2, -0.15) is 8.78 Å². The maximum absolute atomic E-state index is 12.2. The lowest BCUT2D eigenvalue weighted by molar-refractivity contribution is 0.236. The minimum atomic E-state index is -4.79. The number of rotatable bonds is 4. The lowest BCUT2D eigenvalue weighted by atomic mass is 10.2. The molecule has 9 heteroatoms. The van der Waals surface area contributed by atoms with Crippen molar-refractivity contribution in [3.8, 4) is 0 Å². The van der Waals surface area contributed by atoms with Crippen molar-refractivity contribution in [3.05, 3.63) is 29.8 Å². The number of halogens is 2. The SMILES string of the molecule is N/C(=N/O)c1ccccc1NS(=O)(=O)C(F)F. The zero-order valence-electron chi connectivity index (χ0n) is 8.34. The largest absolute Gasteiger partial charge is 0.409 e. The Morgan fingerprint density at radius 3 is 2.53 bits per heavy atom. The lowest BCUT2D eigenvalue weighted by Crippen LogP contribution is -2.23. The normalized spacial score (nSPS) is 12.8. The molecule has 0 amide bonds. The van der Waals surface area contributed by atoms with E-state index in [1.54, 1.807) is 4.72 Å². The van der Waals surface area contributed by atoms with E-state index in [0.717, 1.165) is 0 Å². The van der Waals surface area contributed by atoms with E-state index in [4.69, 9.17) is 10.9 Å². The quantitative estimate of drug-likeness (QED) is 0.323. The molecule has 0 aliphatic rings. The molecule has 0 aliphatic carbocycles. The molecule has 17 heavy (non-hydrogen) atoms. The number of hydrogen-bond donors (Lipinski definition) is 3. The first-order valence-corrected chi connectivity index (χ1v) is 5.80. The third-order valence-electron chi connectivity index (χ3n) is 1.80. The van der Waals surface area contributed by atoms with Gasteiger partial charge in [0.15, 0.2) is 5.84 Å². The van der Waals surface area contributed by atoms with Crippen molar-refractivity contribution in [2.45, 2.75) is 5.76 Å². The second kappa shape index (κ2) is 4.95. The number of nitrogens with zero attached hydrogens (tertiary/aromatic N) is 1. The number of nitrogens with two attached hydrogens (primary N) is 1. The monoisotopic (exact) mass is 265 g/mol. The predicted molar refractivity (Wildman–Crippen MR) is 57.5 cm³/mol. The van der Waals surface area contributed by atoms with Crippen LogP contribution in [0.25, 0.3) is 0 Å². The van der Waals surface area contributed by atoms with E-state index in [9.17, 15) is 17.2 Å². The zero-order chi connectivity index (χ0) is 13.1. The molecule has 6 nitrogen and oxygen atoms in total. The number of oxime groups is 1. The summed E-state index contributed by atoms with van der Waals surface area (Å²) in [5.41, 5.74) is 5.08. The molecule has 0 fully saturated rings. The number of sulfonamides is 1. The lowest BCUT2D eigenvalue weighted by Gasteiger charge is -2.10. The first-order chi connectivity index (χ1) is 7.88. The van der Waals surface area contributed by atoms with Crippen molar-refractivity contribution < 1.29 is 22.4 Å². The second-order valence-corrected chi connectivity index (χ2v) is 4.59. The average molecular weight is 265 g/mol.